The fraction of sp³-hybridized carbons (Fsp3) is 0.571. The van der Waals surface area contributed by atoms with Gasteiger partial charge >= 0.3 is 0 Å². The molecule has 0 aromatic heterocycles. The third-order valence-electron chi connectivity index (χ3n) is 3.26. The molecule has 108 valence electrons. The maximum absolute atomic E-state index is 12.2. The van der Waals surface area contributed by atoms with E-state index >= 15 is 0 Å². The van der Waals surface area contributed by atoms with Crippen molar-refractivity contribution >= 4 is 25.8 Å². The van der Waals surface area contributed by atoms with E-state index in [1.54, 1.807) is 19.9 Å². The van der Waals surface area contributed by atoms with Crippen LogP contribution < -0.4 is 5.32 Å². The number of rotatable bonds is 5. The van der Waals surface area contributed by atoms with E-state index in [2.05, 4.69) is 35.1 Å². The average Bonchev–Trinajstić information content (AvgIpc) is 2.28. The second-order valence-electron chi connectivity index (χ2n) is 5.65. The van der Waals surface area contributed by atoms with Crippen LogP contribution >= 0.6 is 15.9 Å². The number of benzene rings is 1. The molecule has 19 heavy (non-hydrogen) atoms. The van der Waals surface area contributed by atoms with Crippen molar-refractivity contribution in [3.8, 4) is 0 Å². The van der Waals surface area contributed by atoms with Crippen molar-refractivity contribution in [3.05, 3.63) is 28.2 Å². The molecule has 0 radical (unpaired) electrons. The maximum atomic E-state index is 12.2. The third kappa shape index (κ3) is 3.58. The Morgan fingerprint density at radius 2 is 1.89 bits per heavy atom. The first-order chi connectivity index (χ1) is 8.63. The molecule has 0 saturated carbocycles. The summed E-state index contributed by atoms with van der Waals surface area (Å²) in [6.45, 7) is 8.47. The van der Waals surface area contributed by atoms with Crippen molar-refractivity contribution in [2.75, 3.05) is 13.6 Å². The highest BCUT2D eigenvalue weighted by molar-refractivity contribution is 9.10. The van der Waals surface area contributed by atoms with Crippen molar-refractivity contribution < 1.29 is 8.42 Å². The molecule has 0 aliphatic rings. The molecule has 1 rings (SSSR count). The minimum absolute atomic E-state index is 0.0443. The van der Waals surface area contributed by atoms with Gasteiger partial charge in [0, 0.05) is 16.4 Å². The van der Waals surface area contributed by atoms with Gasteiger partial charge in [0.2, 0.25) is 0 Å². The van der Waals surface area contributed by atoms with Crippen molar-refractivity contribution in [2.45, 2.75) is 43.3 Å². The highest BCUT2D eigenvalue weighted by Crippen LogP contribution is 2.31. The Hall–Kier alpha value is -0.390. The largest absolute Gasteiger partial charge is 0.319 e. The summed E-state index contributed by atoms with van der Waals surface area (Å²) >= 11 is 3.40. The first-order valence-corrected chi connectivity index (χ1v) is 8.65. The summed E-state index contributed by atoms with van der Waals surface area (Å²) in [4.78, 5) is 0.367. The Kier molecular flexibility index (Phi) is 5.21. The molecule has 0 fully saturated rings. The van der Waals surface area contributed by atoms with Crippen molar-refractivity contribution in [3.63, 3.8) is 0 Å². The van der Waals surface area contributed by atoms with Crippen LogP contribution in [0.5, 0.6) is 0 Å². The van der Waals surface area contributed by atoms with Gasteiger partial charge in [-0.05, 0) is 54.5 Å². The Morgan fingerprint density at radius 1 is 1.32 bits per heavy atom. The van der Waals surface area contributed by atoms with Gasteiger partial charge in [-0.25, -0.2) is 8.42 Å². The predicted octanol–water partition coefficient (Wildman–Crippen LogP) is 3.13. The van der Waals surface area contributed by atoms with Crippen molar-refractivity contribution in [1.29, 1.82) is 0 Å². The molecule has 0 saturated heterocycles. The van der Waals surface area contributed by atoms with E-state index in [4.69, 9.17) is 0 Å². The highest BCUT2D eigenvalue weighted by Gasteiger charge is 2.25. The SMILES string of the molecule is CNCC(C)(C)c1ccc(S(=O)(=O)C(C)C)c(Br)c1. The van der Waals surface area contributed by atoms with Crippen LogP contribution in [0, 0.1) is 0 Å². The smallest absolute Gasteiger partial charge is 0.181 e. The molecule has 0 aliphatic heterocycles. The van der Waals surface area contributed by atoms with Gasteiger partial charge < -0.3 is 5.32 Å². The van der Waals surface area contributed by atoms with E-state index in [1.165, 1.54) is 0 Å². The monoisotopic (exact) mass is 347 g/mol. The van der Waals surface area contributed by atoms with E-state index in [1.807, 2.05) is 19.2 Å². The molecule has 1 aromatic carbocycles. The van der Waals surface area contributed by atoms with Crippen LogP contribution in [0.2, 0.25) is 0 Å². The second-order valence-corrected chi connectivity index (χ2v) is 8.98. The summed E-state index contributed by atoms with van der Waals surface area (Å²) in [5.41, 5.74) is 1.06. The molecule has 1 N–H and O–H groups in total. The summed E-state index contributed by atoms with van der Waals surface area (Å²) in [5, 5.41) is 2.74. The minimum Gasteiger partial charge on any atom is -0.319 e. The molecule has 0 unspecified atom stereocenters. The van der Waals surface area contributed by atoms with Crippen LogP contribution in [0.1, 0.15) is 33.3 Å². The van der Waals surface area contributed by atoms with E-state index in [9.17, 15) is 8.42 Å². The van der Waals surface area contributed by atoms with Gasteiger partial charge in [-0.15, -0.1) is 0 Å². The standard InChI is InChI=1S/C14H22BrNO2S/c1-10(2)19(17,18)13-7-6-11(8-12(13)15)14(3,4)9-16-5/h6-8,10,16H,9H2,1-5H3. The van der Waals surface area contributed by atoms with E-state index in [0.29, 0.717) is 9.37 Å². The van der Waals surface area contributed by atoms with Gasteiger partial charge in [-0.1, -0.05) is 19.9 Å². The Morgan fingerprint density at radius 3 is 2.32 bits per heavy atom. The fourth-order valence-electron chi connectivity index (χ4n) is 1.95. The highest BCUT2D eigenvalue weighted by atomic mass is 79.9. The predicted molar refractivity (Wildman–Crippen MR) is 83.4 cm³/mol. The Balaban J connectivity index is 3.26. The molecule has 0 heterocycles. The fourth-order valence-corrected chi connectivity index (χ4v) is 4.10. The third-order valence-corrected chi connectivity index (χ3v) is 6.39. The van der Waals surface area contributed by atoms with Crippen molar-refractivity contribution in [1.82, 2.24) is 5.32 Å². The lowest BCUT2D eigenvalue weighted by atomic mass is 9.85. The van der Waals surface area contributed by atoms with E-state index < -0.39 is 15.1 Å². The molecule has 5 heteroatoms. The van der Waals surface area contributed by atoms with Gasteiger partial charge in [0.1, 0.15) is 0 Å². The summed E-state index contributed by atoms with van der Waals surface area (Å²) in [5.74, 6) is 0. The Bertz CT molecular complexity index is 551. The first-order valence-electron chi connectivity index (χ1n) is 6.31. The lowest BCUT2D eigenvalue weighted by molar-refractivity contribution is 0.493. The van der Waals surface area contributed by atoms with Crippen LogP contribution in [0.25, 0.3) is 0 Å². The number of hydrogen-bond acceptors (Lipinski definition) is 3. The molecule has 0 bridgehead atoms. The zero-order chi connectivity index (χ0) is 14.8. The quantitative estimate of drug-likeness (QED) is 0.889. The van der Waals surface area contributed by atoms with Gasteiger partial charge in [0.05, 0.1) is 10.1 Å². The van der Waals surface area contributed by atoms with Gasteiger partial charge in [0.15, 0.2) is 9.84 Å². The summed E-state index contributed by atoms with van der Waals surface area (Å²) in [7, 11) is -1.33. The maximum Gasteiger partial charge on any atom is 0.181 e. The molecular weight excluding hydrogens is 326 g/mol. The van der Waals surface area contributed by atoms with Gasteiger partial charge in [-0.2, -0.15) is 0 Å². The lowest BCUT2D eigenvalue weighted by Gasteiger charge is -2.25. The van der Waals surface area contributed by atoms with E-state index in [-0.39, 0.29) is 5.41 Å². The second kappa shape index (κ2) is 5.94. The average molecular weight is 348 g/mol. The lowest BCUT2D eigenvalue weighted by Crippen LogP contribution is -2.30. The topological polar surface area (TPSA) is 46.2 Å². The van der Waals surface area contributed by atoms with Crippen LogP contribution in [-0.2, 0) is 15.3 Å². The number of likely N-dealkylation sites (N-methyl/N-ethyl adjacent to an activating group) is 1. The first kappa shape index (κ1) is 16.7. The van der Waals surface area contributed by atoms with Crippen LogP contribution in [0.15, 0.2) is 27.6 Å². The summed E-state index contributed by atoms with van der Waals surface area (Å²) in [6, 6.07) is 5.51. The molecule has 0 spiro atoms. The van der Waals surface area contributed by atoms with Gasteiger partial charge in [0.25, 0.3) is 0 Å². The summed E-state index contributed by atoms with van der Waals surface area (Å²) in [6.07, 6.45) is 0. The minimum atomic E-state index is -3.24. The molecular formula is C14H22BrNO2S. The van der Waals surface area contributed by atoms with Crippen molar-refractivity contribution in [2.24, 2.45) is 0 Å². The molecule has 0 amide bonds. The molecule has 0 aliphatic carbocycles. The molecule has 1 aromatic rings. The zero-order valence-electron chi connectivity index (χ0n) is 12.1. The summed E-state index contributed by atoms with van der Waals surface area (Å²) < 4.78 is 25.0. The van der Waals surface area contributed by atoms with Crippen LogP contribution in [0.4, 0.5) is 0 Å². The molecule has 0 atom stereocenters. The number of sulfone groups is 1. The normalized spacial score (nSPS) is 13.0. The number of halogens is 1. The zero-order valence-corrected chi connectivity index (χ0v) is 14.5. The number of hydrogen-bond donors (Lipinski definition) is 1. The molecule has 3 nitrogen and oxygen atoms in total. The number of nitrogens with one attached hydrogen (secondary N) is 1. The van der Waals surface area contributed by atoms with Crippen LogP contribution in [-0.4, -0.2) is 27.3 Å². The van der Waals surface area contributed by atoms with Crippen LogP contribution in [0.3, 0.4) is 0 Å². The van der Waals surface area contributed by atoms with E-state index in [0.717, 1.165) is 12.1 Å². The Labute approximate surface area is 124 Å². The van der Waals surface area contributed by atoms with Gasteiger partial charge in [-0.3, -0.25) is 0 Å².